The summed E-state index contributed by atoms with van der Waals surface area (Å²) in [6, 6.07) is 12.1. The average molecular weight is 329 g/mol. The number of carbonyl (C=O) groups is 1. The van der Waals surface area contributed by atoms with Crippen LogP contribution in [0.2, 0.25) is 0 Å². The third-order valence-electron chi connectivity index (χ3n) is 5.19. The van der Waals surface area contributed by atoms with Crippen LogP contribution in [0.15, 0.2) is 30.3 Å². The molecule has 0 saturated heterocycles. The molecule has 2 aliphatic rings. The zero-order valence-corrected chi connectivity index (χ0v) is 15.3. The Hall–Kier alpha value is -1.35. The van der Waals surface area contributed by atoms with Gasteiger partial charge in [-0.05, 0) is 64.4 Å². The molecular weight excluding hydrogens is 298 g/mol. The number of carbonyl (C=O) groups excluding carboxylic acids is 1. The third kappa shape index (κ3) is 5.07. The molecular formula is C21H31NO2. The zero-order chi connectivity index (χ0) is 17.2. The van der Waals surface area contributed by atoms with E-state index in [9.17, 15) is 4.79 Å². The van der Waals surface area contributed by atoms with E-state index >= 15 is 0 Å². The number of esters is 1. The lowest BCUT2D eigenvalue weighted by Gasteiger charge is -2.30. The standard InChI is InChI=1S/C21H31NO2/c1-21(2,3)24-20(23)13-15-9-11-17(12-10-15)22-19-14-18(19)16-7-5-4-6-8-16/h4-8,15,17-19,22H,9-14H2,1-3H3/t15?,17?,18-,19+/m0/s1. The van der Waals surface area contributed by atoms with Gasteiger partial charge in [-0.1, -0.05) is 30.3 Å². The molecule has 3 heteroatoms. The highest BCUT2D eigenvalue weighted by atomic mass is 16.6. The Morgan fingerprint density at radius 3 is 2.42 bits per heavy atom. The van der Waals surface area contributed by atoms with Gasteiger partial charge in [0.05, 0.1) is 0 Å². The molecule has 0 amide bonds. The number of ether oxygens (including phenoxy) is 1. The molecule has 0 aromatic heterocycles. The first-order valence-corrected chi connectivity index (χ1v) is 9.43. The quantitative estimate of drug-likeness (QED) is 0.813. The maximum Gasteiger partial charge on any atom is 0.306 e. The third-order valence-corrected chi connectivity index (χ3v) is 5.19. The van der Waals surface area contributed by atoms with Crippen molar-refractivity contribution in [1.82, 2.24) is 5.32 Å². The van der Waals surface area contributed by atoms with Crippen molar-refractivity contribution in [3.8, 4) is 0 Å². The second kappa shape index (κ2) is 7.26. The maximum atomic E-state index is 12.0. The van der Waals surface area contributed by atoms with Gasteiger partial charge in [0.1, 0.15) is 5.60 Å². The number of benzene rings is 1. The van der Waals surface area contributed by atoms with Crippen molar-refractivity contribution in [3.05, 3.63) is 35.9 Å². The zero-order valence-electron chi connectivity index (χ0n) is 15.3. The topological polar surface area (TPSA) is 38.3 Å². The van der Waals surface area contributed by atoms with Gasteiger partial charge in [0.25, 0.3) is 0 Å². The van der Waals surface area contributed by atoms with Crippen LogP contribution in [0.25, 0.3) is 0 Å². The Kier molecular flexibility index (Phi) is 5.29. The molecule has 1 aromatic carbocycles. The number of hydrogen-bond acceptors (Lipinski definition) is 3. The summed E-state index contributed by atoms with van der Waals surface area (Å²) in [6.45, 7) is 5.81. The number of hydrogen-bond donors (Lipinski definition) is 1. The number of nitrogens with one attached hydrogen (secondary N) is 1. The highest BCUT2D eigenvalue weighted by molar-refractivity contribution is 5.70. The molecule has 1 N–H and O–H groups in total. The minimum Gasteiger partial charge on any atom is -0.460 e. The fraction of sp³-hybridized carbons (Fsp3) is 0.667. The predicted octanol–water partition coefficient (Wildman–Crippen LogP) is 4.42. The van der Waals surface area contributed by atoms with Crippen molar-refractivity contribution in [1.29, 1.82) is 0 Å². The van der Waals surface area contributed by atoms with Crippen LogP contribution in [0, 0.1) is 5.92 Å². The molecule has 0 unspecified atom stereocenters. The Morgan fingerprint density at radius 1 is 1.12 bits per heavy atom. The molecule has 2 aliphatic carbocycles. The fourth-order valence-electron chi connectivity index (χ4n) is 3.90. The summed E-state index contributed by atoms with van der Waals surface area (Å²) in [5, 5.41) is 3.84. The van der Waals surface area contributed by atoms with Gasteiger partial charge in [0.15, 0.2) is 0 Å². The largest absolute Gasteiger partial charge is 0.460 e. The van der Waals surface area contributed by atoms with Crippen molar-refractivity contribution in [2.45, 2.75) is 82.9 Å². The first-order chi connectivity index (χ1) is 11.4. The van der Waals surface area contributed by atoms with Crippen molar-refractivity contribution in [2.75, 3.05) is 0 Å². The minimum atomic E-state index is -0.367. The SMILES string of the molecule is CC(C)(C)OC(=O)CC1CCC(N[C@@H]2C[C@H]2c2ccccc2)CC1. The smallest absolute Gasteiger partial charge is 0.306 e. The van der Waals surface area contributed by atoms with Gasteiger partial charge >= 0.3 is 5.97 Å². The Morgan fingerprint density at radius 2 is 1.79 bits per heavy atom. The van der Waals surface area contributed by atoms with Crippen LogP contribution >= 0.6 is 0 Å². The van der Waals surface area contributed by atoms with Crippen LogP contribution in [0.4, 0.5) is 0 Å². The molecule has 0 radical (unpaired) electrons. The van der Waals surface area contributed by atoms with E-state index in [0.717, 1.165) is 12.8 Å². The molecule has 0 heterocycles. The Bertz CT molecular complexity index is 541. The van der Waals surface area contributed by atoms with Gasteiger partial charge in [0, 0.05) is 24.4 Å². The summed E-state index contributed by atoms with van der Waals surface area (Å²) in [4.78, 5) is 12.0. The molecule has 0 aliphatic heterocycles. The molecule has 3 rings (SSSR count). The maximum absolute atomic E-state index is 12.0. The van der Waals surface area contributed by atoms with E-state index in [1.54, 1.807) is 0 Å². The normalized spacial score (nSPS) is 30.0. The second-order valence-electron chi connectivity index (χ2n) is 8.53. The Balaban J connectivity index is 1.37. The van der Waals surface area contributed by atoms with Gasteiger partial charge in [-0.25, -0.2) is 0 Å². The summed E-state index contributed by atoms with van der Waals surface area (Å²) in [5.41, 5.74) is 1.10. The summed E-state index contributed by atoms with van der Waals surface area (Å²) < 4.78 is 5.45. The van der Waals surface area contributed by atoms with Crippen LogP contribution in [-0.2, 0) is 9.53 Å². The van der Waals surface area contributed by atoms with E-state index in [0.29, 0.717) is 30.3 Å². The molecule has 24 heavy (non-hydrogen) atoms. The predicted molar refractivity (Wildman–Crippen MR) is 96.9 cm³/mol. The lowest BCUT2D eigenvalue weighted by atomic mass is 9.84. The van der Waals surface area contributed by atoms with E-state index in [1.165, 1.54) is 24.8 Å². The summed E-state index contributed by atoms with van der Waals surface area (Å²) in [6.07, 6.45) is 6.50. The van der Waals surface area contributed by atoms with Crippen LogP contribution < -0.4 is 5.32 Å². The van der Waals surface area contributed by atoms with Gasteiger partial charge in [-0.15, -0.1) is 0 Å². The summed E-state index contributed by atoms with van der Waals surface area (Å²) in [7, 11) is 0. The summed E-state index contributed by atoms with van der Waals surface area (Å²) >= 11 is 0. The van der Waals surface area contributed by atoms with E-state index in [4.69, 9.17) is 4.74 Å². The molecule has 0 spiro atoms. The molecule has 2 atom stereocenters. The molecule has 3 nitrogen and oxygen atoms in total. The molecule has 2 fully saturated rings. The van der Waals surface area contributed by atoms with Gasteiger partial charge in [0.2, 0.25) is 0 Å². The summed E-state index contributed by atoms with van der Waals surface area (Å²) in [5.74, 6) is 1.16. The van der Waals surface area contributed by atoms with Gasteiger partial charge in [-0.3, -0.25) is 4.79 Å². The molecule has 0 bridgehead atoms. The van der Waals surface area contributed by atoms with E-state index < -0.39 is 0 Å². The molecule has 1 aromatic rings. The van der Waals surface area contributed by atoms with E-state index in [2.05, 4.69) is 35.6 Å². The van der Waals surface area contributed by atoms with Crippen molar-refractivity contribution in [3.63, 3.8) is 0 Å². The van der Waals surface area contributed by atoms with E-state index in [1.807, 2.05) is 20.8 Å². The van der Waals surface area contributed by atoms with E-state index in [-0.39, 0.29) is 11.6 Å². The van der Waals surface area contributed by atoms with Crippen LogP contribution in [0.5, 0.6) is 0 Å². The van der Waals surface area contributed by atoms with Crippen LogP contribution in [0.1, 0.15) is 70.8 Å². The monoisotopic (exact) mass is 329 g/mol. The van der Waals surface area contributed by atoms with Gasteiger partial charge in [-0.2, -0.15) is 0 Å². The van der Waals surface area contributed by atoms with Crippen molar-refractivity contribution >= 4 is 5.97 Å². The van der Waals surface area contributed by atoms with Gasteiger partial charge < -0.3 is 10.1 Å². The average Bonchev–Trinajstić information content (AvgIpc) is 3.27. The number of rotatable bonds is 5. The fourth-order valence-corrected chi connectivity index (χ4v) is 3.90. The first kappa shape index (κ1) is 17.5. The molecule has 132 valence electrons. The van der Waals surface area contributed by atoms with Crippen molar-refractivity contribution in [2.24, 2.45) is 5.92 Å². The highest BCUT2D eigenvalue weighted by Gasteiger charge is 2.39. The minimum absolute atomic E-state index is 0.0368. The molecule has 2 saturated carbocycles. The second-order valence-corrected chi connectivity index (χ2v) is 8.53. The highest BCUT2D eigenvalue weighted by Crippen LogP contribution is 2.42. The first-order valence-electron chi connectivity index (χ1n) is 9.43. The van der Waals surface area contributed by atoms with Crippen molar-refractivity contribution < 1.29 is 9.53 Å². The van der Waals surface area contributed by atoms with Crippen LogP contribution in [-0.4, -0.2) is 23.7 Å². The Labute approximate surface area is 146 Å². The lowest BCUT2D eigenvalue weighted by molar-refractivity contribution is -0.156. The lowest BCUT2D eigenvalue weighted by Crippen LogP contribution is -2.36. The van der Waals surface area contributed by atoms with Crippen LogP contribution in [0.3, 0.4) is 0 Å².